The quantitative estimate of drug-likeness (QED) is 0.655. The van der Waals surface area contributed by atoms with Crippen LogP contribution in [0.25, 0.3) is 11.0 Å². The highest BCUT2D eigenvalue weighted by Crippen LogP contribution is 2.35. The largest absolute Gasteiger partial charge is 0.465 e. The summed E-state index contributed by atoms with van der Waals surface area (Å²) in [7, 11) is 1.35. The van der Waals surface area contributed by atoms with Gasteiger partial charge in [-0.15, -0.1) is 0 Å². The number of methoxy groups -OCH3 is 1. The SMILES string of the molecule is COC(=O)c1ccc2nc(C)c(N3CCCc4c(F)cccc43)nc2c1. The molecule has 0 saturated carbocycles. The zero-order chi connectivity index (χ0) is 18.3. The lowest BCUT2D eigenvalue weighted by molar-refractivity contribution is 0.0601. The number of carbonyl (C=O) groups is 1. The van der Waals surface area contributed by atoms with Crippen molar-refractivity contribution in [3.63, 3.8) is 0 Å². The Balaban J connectivity index is 1.86. The van der Waals surface area contributed by atoms with Crippen LogP contribution in [-0.2, 0) is 11.2 Å². The fourth-order valence-corrected chi connectivity index (χ4v) is 3.44. The van der Waals surface area contributed by atoms with E-state index in [-0.39, 0.29) is 5.82 Å². The molecule has 0 saturated heterocycles. The van der Waals surface area contributed by atoms with E-state index < -0.39 is 5.97 Å². The Hall–Kier alpha value is -3.02. The van der Waals surface area contributed by atoms with Gasteiger partial charge in [-0.25, -0.2) is 19.2 Å². The van der Waals surface area contributed by atoms with Gasteiger partial charge < -0.3 is 9.64 Å². The zero-order valence-corrected chi connectivity index (χ0v) is 14.6. The Morgan fingerprint density at radius 1 is 1.19 bits per heavy atom. The summed E-state index contributed by atoms with van der Waals surface area (Å²) >= 11 is 0. The van der Waals surface area contributed by atoms with Gasteiger partial charge >= 0.3 is 5.97 Å². The van der Waals surface area contributed by atoms with Crippen LogP contribution in [0, 0.1) is 12.7 Å². The summed E-state index contributed by atoms with van der Waals surface area (Å²) in [6, 6.07) is 10.2. The lowest BCUT2D eigenvalue weighted by Crippen LogP contribution is -2.27. The molecule has 0 aliphatic carbocycles. The van der Waals surface area contributed by atoms with Crippen molar-refractivity contribution in [1.29, 1.82) is 0 Å². The molecule has 0 bridgehead atoms. The minimum atomic E-state index is -0.416. The van der Waals surface area contributed by atoms with Gasteiger partial charge in [0.1, 0.15) is 5.82 Å². The highest BCUT2D eigenvalue weighted by atomic mass is 19.1. The first-order chi connectivity index (χ1) is 12.6. The summed E-state index contributed by atoms with van der Waals surface area (Å²) in [6.45, 7) is 2.64. The molecule has 3 aromatic rings. The molecule has 4 rings (SSSR count). The van der Waals surface area contributed by atoms with Crippen molar-refractivity contribution in [1.82, 2.24) is 9.97 Å². The summed E-state index contributed by atoms with van der Waals surface area (Å²) in [5.74, 6) is 0.0823. The fraction of sp³-hybridized carbons (Fsp3) is 0.250. The number of benzene rings is 2. The molecule has 6 heteroatoms. The molecule has 132 valence electrons. The molecule has 2 heterocycles. The van der Waals surface area contributed by atoms with Gasteiger partial charge in [-0.05, 0) is 50.1 Å². The van der Waals surface area contributed by atoms with Gasteiger partial charge in [0, 0.05) is 17.8 Å². The summed E-state index contributed by atoms with van der Waals surface area (Å²) in [5, 5.41) is 0. The number of rotatable bonds is 2. The molecular weight excluding hydrogens is 333 g/mol. The molecular formula is C20H18FN3O2. The van der Waals surface area contributed by atoms with Gasteiger partial charge in [0.25, 0.3) is 0 Å². The first-order valence-electron chi connectivity index (χ1n) is 8.50. The smallest absolute Gasteiger partial charge is 0.337 e. The number of nitrogens with zero attached hydrogens (tertiary/aromatic N) is 3. The molecule has 0 spiro atoms. The average Bonchev–Trinajstić information content (AvgIpc) is 2.66. The summed E-state index contributed by atoms with van der Waals surface area (Å²) in [5.41, 5.74) is 4.04. The van der Waals surface area contributed by atoms with E-state index in [4.69, 9.17) is 9.72 Å². The number of ether oxygens (including phenoxy) is 1. The third-order valence-corrected chi connectivity index (χ3v) is 4.68. The number of esters is 1. The third-order valence-electron chi connectivity index (χ3n) is 4.68. The number of aromatic nitrogens is 2. The molecule has 0 radical (unpaired) electrons. The lowest BCUT2D eigenvalue weighted by Gasteiger charge is -2.31. The van der Waals surface area contributed by atoms with E-state index in [2.05, 4.69) is 4.98 Å². The monoisotopic (exact) mass is 351 g/mol. The summed E-state index contributed by atoms with van der Waals surface area (Å²) in [6.07, 6.45) is 1.56. The lowest BCUT2D eigenvalue weighted by atomic mass is 10.0. The second kappa shape index (κ2) is 6.37. The van der Waals surface area contributed by atoms with Crippen LogP contribution in [0.5, 0.6) is 0 Å². The van der Waals surface area contributed by atoms with Crippen molar-refractivity contribution in [2.75, 3.05) is 18.6 Å². The van der Waals surface area contributed by atoms with Gasteiger partial charge in [0.2, 0.25) is 0 Å². The predicted octanol–water partition coefficient (Wildman–Crippen LogP) is 3.95. The fourth-order valence-electron chi connectivity index (χ4n) is 3.44. The van der Waals surface area contributed by atoms with E-state index in [1.807, 2.05) is 17.9 Å². The Labute approximate surface area is 150 Å². The molecule has 0 amide bonds. The highest BCUT2D eigenvalue weighted by Gasteiger charge is 2.23. The van der Waals surface area contributed by atoms with Gasteiger partial charge in [-0.3, -0.25) is 0 Å². The van der Waals surface area contributed by atoms with Crippen molar-refractivity contribution in [2.45, 2.75) is 19.8 Å². The standard InChI is InChI=1S/C20H18FN3O2/c1-12-19(24-10-4-5-14-15(21)6-3-7-18(14)24)23-17-11-13(20(25)26-2)8-9-16(17)22-12/h3,6-9,11H,4-5,10H2,1-2H3. The molecule has 1 aliphatic rings. The Morgan fingerprint density at radius 3 is 2.85 bits per heavy atom. The molecule has 5 nitrogen and oxygen atoms in total. The molecule has 0 atom stereocenters. The second-order valence-electron chi connectivity index (χ2n) is 6.32. The summed E-state index contributed by atoms with van der Waals surface area (Å²) < 4.78 is 19.0. The highest BCUT2D eigenvalue weighted by molar-refractivity contribution is 5.93. The molecule has 1 aliphatic heterocycles. The zero-order valence-electron chi connectivity index (χ0n) is 14.6. The third kappa shape index (κ3) is 2.67. The Morgan fingerprint density at radius 2 is 2.04 bits per heavy atom. The normalized spacial score (nSPS) is 13.6. The number of fused-ring (bicyclic) bond motifs is 2. The minimum absolute atomic E-state index is 0.188. The number of aryl methyl sites for hydroxylation is 1. The second-order valence-corrected chi connectivity index (χ2v) is 6.32. The van der Waals surface area contributed by atoms with Crippen LogP contribution in [0.15, 0.2) is 36.4 Å². The van der Waals surface area contributed by atoms with Crippen molar-refractivity contribution < 1.29 is 13.9 Å². The molecule has 2 aromatic carbocycles. The first kappa shape index (κ1) is 16.4. The maximum Gasteiger partial charge on any atom is 0.337 e. The predicted molar refractivity (Wildman–Crippen MR) is 97.3 cm³/mol. The van der Waals surface area contributed by atoms with E-state index in [1.165, 1.54) is 13.2 Å². The van der Waals surface area contributed by atoms with Crippen molar-refractivity contribution in [3.05, 3.63) is 59.0 Å². The first-order valence-corrected chi connectivity index (χ1v) is 8.50. The van der Waals surface area contributed by atoms with Gasteiger partial charge in [-0.2, -0.15) is 0 Å². The van der Waals surface area contributed by atoms with E-state index >= 15 is 0 Å². The maximum atomic E-state index is 14.2. The van der Waals surface area contributed by atoms with Crippen molar-refractivity contribution in [3.8, 4) is 0 Å². The molecule has 0 fully saturated rings. The van der Waals surface area contributed by atoms with E-state index in [9.17, 15) is 9.18 Å². The van der Waals surface area contributed by atoms with Crippen LogP contribution < -0.4 is 4.90 Å². The number of halogens is 1. The topological polar surface area (TPSA) is 55.3 Å². The molecule has 26 heavy (non-hydrogen) atoms. The molecule has 1 aromatic heterocycles. The van der Waals surface area contributed by atoms with Crippen LogP contribution >= 0.6 is 0 Å². The number of hydrogen-bond donors (Lipinski definition) is 0. The minimum Gasteiger partial charge on any atom is -0.465 e. The number of carbonyl (C=O) groups excluding carboxylic acids is 1. The van der Waals surface area contributed by atoms with Crippen molar-refractivity contribution >= 4 is 28.5 Å². The van der Waals surface area contributed by atoms with Gasteiger partial charge in [0.05, 0.1) is 29.4 Å². The van der Waals surface area contributed by atoms with Crippen LogP contribution in [-0.4, -0.2) is 29.6 Å². The number of anilines is 2. The molecule has 0 unspecified atom stereocenters. The van der Waals surface area contributed by atoms with Gasteiger partial charge in [0.15, 0.2) is 5.82 Å². The van der Waals surface area contributed by atoms with Crippen LogP contribution in [0.1, 0.15) is 28.0 Å². The van der Waals surface area contributed by atoms with E-state index in [0.717, 1.165) is 24.3 Å². The van der Waals surface area contributed by atoms with E-state index in [1.54, 1.807) is 24.3 Å². The maximum absolute atomic E-state index is 14.2. The van der Waals surface area contributed by atoms with Crippen LogP contribution in [0.2, 0.25) is 0 Å². The number of hydrogen-bond acceptors (Lipinski definition) is 5. The summed E-state index contributed by atoms with van der Waals surface area (Å²) in [4.78, 5) is 23.2. The molecule has 0 N–H and O–H groups in total. The van der Waals surface area contributed by atoms with Crippen molar-refractivity contribution in [2.24, 2.45) is 0 Å². The van der Waals surface area contributed by atoms with E-state index in [0.29, 0.717) is 34.4 Å². The Bertz CT molecular complexity index is 1020. The average molecular weight is 351 g/mol. The van der Waals surface area contributed by atoms with Gasteiger partial charge in [-0.1, -0.05) is 6.07 Å². The van der Waals surface area contributed by atoms with Crippen LogP contribution in [0.4, 0.5) is 15.9 Å². The Kier molecular flexibility index (Phi) is 4.03. The van der Waals surface area contributed by atoms with Crippen LogP contribution in [0.3, 0.4) is 0 Å².